The molecule has 16 heavy (non-hydrogen) atoms. The van der Waals surface area contributed by atoms with Gasteiger partial charge < -0.3 is 10.1 Å². The van der Waals surface area contributed by atoms with E-state index in [1.54, 1.807) is 0 Å². The summed E-state index contributed by atoms with van der Waals surface area (Å²) < 4.78 is 29.8. The van der Waals surface area contributed by atoms with Gasteiger partial charge in [-0.3, -0.25) is 4.79 Å². The van der Waals surface area contributed by atoms with Crippen LogP contribution < -0.4 is 5.32 Å². The average molecular weight is 229 g/mol. The van der Waals surface area contributed by atoms with Crippen molar-refractivity contribution in [2.24, 2.45) is 0 Å². The molecule has 0 amide bonds. The fourth-order valence-electron chi connectivity index (χ4n) is 1.17. The zero-order chi connectivity index (χ0) is 12.0. The van der Waals surface area contributed by atoms with Crippen molar-refractivity contribution in [2.45, 2.75) is 12.8 Å². The van der Waals surface area contributed by atoms with Gasteiger partial charge in [0.2, 0.25) is 0 Å². The average Bonchev–Trinajstić information content (AvgIpc) is 2.28. The molecule has 1 rings (SSSR count). The number of hydrogen-bond donors (Lipinski definition) is 1. The quantitative estimate of drug-likeness (QED) is 0.622. The fourth-order valence-corrected chi connectivity index (χ4v) is 1.17. The molecule has 1 N–H and O–H groups in total. The second kappa shape index (κ2) is 6.05. The minimum atomic E-state index is -0.891. The molecule has 0 aromatic heterocycles. The van der Waals surface area contributed by atoms with Crippen LogP contribution in [0.1, 0.15) is 12.8 Å². The Morgan fingerprint density at radius 2 is 2.12 bits per heavy atom. The van der Waals surface area contributed by atoms with Crippen LogP contribution in [-0.2, 0) is 9.53 Å². The van der Waals surface area contributed by atoms with Crippen molar-refractivity contribution in [1.29, 1.82) is 0 Å². The zero-order valence-corrected chi connectivity index (χ0v) is 8.93. The van der Waals surface area contributed by atoms with Crippen LogP contribution in [0.2, 0.25) is 0 Å². The molecule has 5 heteroatoms. The van der Waals surface area contributed by atoms with Gasteiger partial charge in [-0.15, -0.1) is 0 Å². The third-order valence-corrected chi connectivity index (χ3v) is 2.03. The van der Waals surface area contributed by atoms with Gasteiger partial charge in [0.25, 0.3) is 0 Å². The number of ether oxygens (including phenoxy) is 1. The van der Waals surface area contributed by atoms with Crippen molar-refractivity contribution in [1.82, 2.24) is 0 Å². The highest BCUT2D eigenvalue weighted by molar-refractivity contribution is 5.69. The first-order valence-electron chi connectivity index (χ1n) is 4.89. The van der Waals surface area contributed by atoms with E-state index in [1.807, 2.05) is 0 Å². The lowest BCUT2D eigenvalue weighted by Crippen LogP contribution is -2.06. The Kier molecular flexibility index (Phi) is 4.69. The third kappa shape index (κ3) is 3.84. The highest BCUT2D eigenvalue weighted by Gasteiger charge is 2.02. The van der Waals surface area contributed by atoms with Crippen molar-refractivity contribution in [2.75, 3.05) is 19.0 Å². The fraction of sp³-hybridized carbons (Fsp3) is 0.364. The maximum Gasteiger partial charge on any atom is 0.305 e. The van der Waals surface area contributed by atoms with Gasteiger partial charge in [-0.25, -0.2) is 8.78 Å². The minimum absolute atomic E-state index is 0.285. The van der Waals surface area contributed by atoms with Gasteiger partial charge in [0.15, 0.2) is 11.6 Å². The van der Waals surface area contributed by atoms with E-state index in [1.165, 1.54) is 13.2 Å². The minimum Gasteiger partial charge on any atom is -0.469 e. The number of esters is 1. The number of hydrogen-bond acceptors (Lipinski definition) is 3. The molecule has 0 radical (unpaired) electrons. The summed E-state index contributed by atoms with van der Waals surface area (Å²) in [5.74, 6) is -2.05. The van der Waals surface area contributed by atoms with Crippen LogP contribution in [0.15, 0.2) is 18.2 Å². The molecular weight excluding hydrogens is 216 g/mol. The summed E-state index contributed by atoms with van der Waals surface area (Å²) in [6, 6.07) is 3.57. The summed E-state index contributed by atoms with van der Waals surface area (Å²) in [7, 11) is 1.32. The van der Waals surface area contributed by atoms with E-state index in [9.17, 15) is 13.6 Å². The molecule has 0 atom stereocenters. The van der Waals surface area contributed by atoms with E-state index in [2.05, 4.69) is 10.1 Å². The second-order valence-corrected chi connectivity index (χ2v) is 3.24. The van der Waals surface area contributed by atoms with Crippen LogP contribution in [0.25, 0.3) is 0 Å². The summed E-state index contributed by atoms with van der Waals surface area (Å²) in [6.07, 6.45) is 0.874. The summed E-state index contributed by atoms with van der Waals surface area (Å²) in [4.78, 5) is 10.8. The molecule has 0 unspecified atom stereocenters. The van der Waals surface area contributed by atoms with Crippen molar-refractivity contribution >= 4 is 11.7 Å². The molecule has 0 heterocycles. The van der Waals surface area contributed by atoms with Gasteiger partial charge in [-0.1, -0.05) is 0 Å². The topological polar surface area (TPSA) is 38.3 Å². The first-order chi connectivity index (χ1) is 7.63. The van der Waals surface area contributed by atoms with Gasteiger partial charge in [-0.05, 0) is 24.6 Å². The Morgan fingerprint density at radius 3 is 2.75 bits per heavy atom. The Balaban J connectivity index is 2.32. The first-order valence-corrected chi connectivity index (χ1v) is 4.89. The number of anilines is 1. The largest absolute Gasteiger partial charge is 0.469 e. The van der Waals surface area contributed by atoms with Crippen molar-refractivity contribution in [3.8, 4) is 0 Å². The Morgan fingerprint density at radius 1 is 1.38 bits per heavy atom. The maximum atomic E-state index is 12.8. The summed E-state index contributed by atoms with van der Waals surface area (Å²) in [5.41, 5.74) is 0.490. The van der Waals surface area contributed by atoms with Crippen LogP contribution in [-0.4, -0.2) is 19.6 Å². The number of halogens is 2. The van der Waals surface area contributed by atoms with Crippen LogP contribution in [0.3, 0.4) is 0 Å². The molecule has 3 nitrogen and oxygen atoms in total. The SMILES string of the molecule is COC(=O)CCCNc1ccc(F)c(F)c1. The van der Waals surface area contributed by atoms with Gasteiger partial charge in [0, 0.05) is 18.7 Å². The molecule has 0 saturated carbocycles. The first kappa shape index (κ1) is 12.4. The van der Waals surface area contributed by atoms with Crippen molar-refractivity contribution in [3.05, 3.63) is 29.8 Å². The number of carbonyl (C=O) groups is 1. The molecule has 1 aromatic rings. The smallest absolute Gasteiger partial charge is 0.305 e. The normalized spacial score (nSPS) is 9.94. The Labute approximate surface area is 92.4 Å². The monoisotopic (exact) mass is 229 g/mol. The predicted octanol–water partition coefficient (Wildman–Crippen LogP) is 2.33. The van der Waals surface area contributed by atoms with Crippen LogP contribution >= 0.6 is 0 Å². The predicted molar refractivity (Wildman–Crippen MR) is 56.1 cm³/mol. The lowest BCUT2D eigenvalue weighted by atomic mass is 10.2. The van der Waals surface area contributed by atoms with Crippen molar-refractivity contribution < 1.29 is 18.3 Å². The highest BCUT2D eigenvalue weighted by atomic mass is 19.2. The Bertz CT molecular complexity index is 369. The molecule has 0 aliphatic heterocycles. The number of nitrogens with one attached hydrogen (secondary N) is 1. The van der Waals surface area contributed by atoms with E-state index in [-0.39, 0.29) is 5.97 Å². The molecule has 0 saturated heterocycles. The molecule has 0 aliphatic rings. The van der Waals surface area contributed by atoms with Crippen LogP contribution in [0.4, 0.5) is 14.5 Å². The molecule has 88 valence electrons. The van der Waals surface area contributed by atoms with Crippen LogP contribution in [0.5, 0.6) is 0 Å². The molecule has 0 fully saturated rings. The standard InChI is InChI=1S/C11H13F2NO2/c1-16-11(15)3-2-6-14-8-4-5-9(12)10(13)7-8/h4-5,7,14H,2-3,6H2,1H3. The third-order valence-electron chi connectivity index (χ3n) is 2.03. The summed E-state index contributed by atoms with van der Waals surface area (Å²) in [6.45, 7) is 0.500. The summed E-state index contributed by atoms with van der Waals surface area (Å²) in [5, 5.41) is 2.88. The lowest BCUT2D eigenvalue weighted by Gasteiger charge is -2.05. The van der Waals surface area contributed by atoms with E-state index >= 15 is 0 Å². The summed E-state index contributed by atoms with van der Waals surface area (Å²) >= 11 is 0. The van der Waals surface area contributed by atoms with Gasteiger partial charge >= 0.3 is 5.97 Å². The molecular formula is C11H13F2NO2. The number of benzene rings is 1. The Hall–Kier alpha value is -1.65. The van der Waals surface area contributed by atoms with Gasteiger partial charge in [-0.2, -0.15) is 0 Å². The van der Waals surface area contributed by atoms with E-state index in [4.69, 9.17) is 0 Å². The molecule has 1 aromatic carbocycles. The molecule has 0 bridgehead atoms. The lowest BCUT2D eigenvalue weighted by molar-refractivity contribution is -0.140. The number of rotatable bonds is 5. The molecule has 0 aliphatic carbocycles. The van der Waals surface area contributed by atoms with Gasteiger partial charge in [0.1, 0.15) is 0 Å². The van der Waals surface area contributed by atoms with Crippen LogP contribution in [0, 0.1) is 11.6 Å². The maximum absolute atomic E-state index is 12.8. The number of methoxy groups -OCH3 is 1. The van der Waals surface area contributed by atoms with E-state index < -0.39 is 11.6 Å². The zero-order valence-electron chi connectivity index (χ0n) is 8.93. The van der Waals surface area contributed by atoms with E-state index in [0.717, 1.165) is 12.1 Å². The van der Waals surface area contributed by atoms with E-state index in [0.29, 0.717) is 25.1 Å². The van der Waals surface area contributed by atoms with Gasteiger partial charge in [0.05, 0.1) is 7.11 Å². The molecule has 0 spiro atoms. The highest BCUT2D eigenvalue weighted by Crippen LogP contribution is 2.12. The number of carbonyl (C=O) groups excluding carboxylic acids is 1. The van der Waals surface area contributed by atoms with Crippen molar-refractivity contribution in [3.63, 3.8) is 0 Å². The second-order valence-electron chi connectivity index (χ2n) is 3.24.